The summed E-state index contributed by atoms with van der Waals surface area (Å²) in [6.45, 7) is 0.579. The number of hydrogen-bond acceptors (Lipinski definition) is 4. The molecule has 0 unspecified atom stereocenters. The van der Waals surface area contributed by atoms with Gasteiger partial charge in [-0.3, -0.25) is 9.89 Å². The maximum absolute atomic E-state index is 13.5. The lowest BCUT2D eigenvalue weighted by Gasteiger charge is -2.33. The second kappa shape index (κ2) is 8.97. The minimum absolute atomic E-state index is 0.189. The summed E-state index contributed by atoms with van der Waals surface area (Å²) in [7, 11) is 0. The standard InChI is InChI=1S/C25H22F2N4O2/c26-18-9-7-17(8-10-18)21-14-22(30-29-21)25(32)31-11-2-1-6-23(31)24-28-15-20(33-24)13-16-4-3-5-19(27)12-16/h3-5,7-10,12,14-15,23H,1-2,6,11,13H2,(H,29,30)/t23-/m0/s1. The van der Waals surface area contributed by atoms with Crippen LogP contribution in [0.5, 0.6) is 0 Å². The van der Waals surface area contributed by atoms with E-state index in [0.717, 1.165) is 30.4 Å². The van der Waals surface area contributed by atoms with Gasteiger partial charge in [-0.1, -0.05) is 12.1 Å². The molecular formula is C25H22F2N4O2. The first-order chi connectivity index (χ1) is 16.1. The highest BCUT2D eigenvalue weighted by Crippen LogP contribution is 2.32. The summed E-state index contributed by atoms with van der Waals surface area (Å²) < 4.78 is 32.7. The van der Waals surface area contributed by atoms with Gasteiger partial charge in [-0.15, -0.1) is 0 Å². The van der Waals surface area contributed by atoms with Crippen molar-refractivity contribution in [1.82, 2.24) is 20.1 Å². The van der Waals surface area contributed by atoms with Crippen LogP contribution in [0.4, 0.5) is 8.78 Å². The van der Waals surface area contributed by atoms with Crippen molar-refractivity contribution in [3.63, 3.8) is 0 Å². The fraction of sp³-hybridized carbons (Fsp3) is 0.240. The summed E-state index contributed by atoms with van der Waals surface area (Å²) in [5.74, 6) is 0.284. The van der Waals surface area contributed by atoms with Gasteiger partial charge in [0.25, 0.3) is 5.91 Å². The molecule has 1 saturated heterocycles. The van der Waals surface area contributed by atoms with E-state index in [9.17, 15) is 13.6 Å². The predicted octanol–water partition coefficient (Wildman–Crippen LogP) is 5.30. The van der Waals surface area contributed by atoms with Gasteiger partial charge in [0.1, 0.15) is 29.1 Å². The number of likely N-dealkylation sites (tertiary alicyclic amines) is 1. The Bertz CT molecular complexity index is 1270. The van der Waals surface area contributed by atoms with Crippen LogP contribution in [0.3, 0.4) is 0 Å². The van der Waals surface area contributed by atoms with Crippen LogP contribution < -0.4 is 0 Å². The number of carbonyl (C=O) groups excluding carboxylic acids is 1. The van der Waals surface area contributed by atoms with Crippen molar-refractivity contribution in [3.05, 3.63) is 95.3 Å². The van der Waals surface area contributed by atoms with E-state index < -0.39 is 0 Å². The van der Waals surface area contributed by atoms with Gasteiger partial charge in [0.15, 0.2) is 0 Å². The van der Waals surface area contributed by atoms with Crippen LogP contribution in [0.1, 0.15) is 53.0 Å². The number of carbonyl (C=O) groups is 1. The molecule has 8 heteroatoms. The Morgan fingerprint density at radius 2 is 1.94 bits per heavy atom. The third-order valence-electron chi connectivity index (χ3n) is 5.84. The Balaban J connectivity index is 1.34. The summed E-state index contributed by atoms with van der Waals surface area (Å²) in [4.78, 5) is 19.5. The average Bonchev–Trinajstić information content (AvgIpc) is 3.49. The number of aromatic amines is 1. The summed E-state index contributed by atoms with van der Waals surface area (Å²) in [6, 6.07) is 13.7. The maximum atomic E-state index is 13.5. The van der Waals surface area contributed by atoms with E-state index in [1.165, 1.54) is 24.3 Å². The molecule has 1 aliphatic rings. The zero-order valence-corrected chi connectivity index (χ0v) is 17.8. The van der Waals surface area contributed by atoms with E-state index >= 15 is 0 Å². The Kier molecular flexibility index (Phi) is 5.73. The minimum Gasteiger partial charge on any atom is -0.443 e. The minimum atomic E-state index is -0.329. The number of benzene rings is 2. The van der Waals surface area contributed by atoms with Crippen molar-refractivity contribution in [2.75, 3.05) is 6.54 Å². The summed E-state index contributed by atoms with van der Waals surface area (Å²) in [6.07, 6.45) is 4.65. The van der Waals surface area contributed by atoms with E-state index in [0.29, 0.717) is 36.0 Å². The summed E-state index contributed by atoms with van der Waals surface area (Å²) in [5.41, 5.74) is 2.44. The van der Waals surface area contributed by atoms with Crippen molar-refractivity contribution in [2.45, 2.75) is 31.7 Å². The largest absolute Gasteiger partial charge is 0.443 e. The number of nitrogens with zero attached hydrogens (tertiary/aromatic N) is 3. The quantitative estimate of drug-likeness (QED) is 0.450. The van der Waals surface area contributed by atoms with Crippen LogP contribution >= 0.6 is 0 Å². The predicted molar refractivity (Wildman–Crippen MR) is 117 cm³/mol. The molecule has 4 aromatic rings. The number of oxazole rings is 1. The van der Waals surface area contributed by atoms with Crippen molar-refractivity contribution < 1.29 is 18.0 Å². The highest BCUT2D eigenvalue weighted by molar-refractivity contribution is 5.93. The second-order valence-electron chi connectivity index (χ2n) is 8.16. The SMILES string of the molecule is O=C(c1cc(-c2ccc(F)cc2)n[nH]1)N1CCCC[C@H]1c1ncc(Cc2cccc(F)c2)o1. The van der Waals surface area contributed by atoms with Gasteiger partial charge in [-0.25, -0.2) is 13.8 Å². The van der Waals surface area contributed by atoms with Gasteiger partial charge in [0.2, 0.25) is 5.89 Å². The average molecular weight is 448 g/mol. The normalized spacial score (nSPS) is 16.2. The van der Waals surface area contributed by atoms with Crippen LogP contribution in [0.25, 0.3) is 11.3 Å². The lowest BCUT2D eigenvalue weighted by molar-refractivity contribution is 0.0564. The van der Waals surface area contributed by atoms with Crippen molar-refractivity contribution in [2.24, 2.45) is 0 Å². The van der Waals surface area contributed by atoms with Crippen molar-refractivity contribution in [3.8, 4) is 11.3 Å². The van der Waals surface area contributed by atoms with E-state index in [1.807, 2.05) is 6.07 Å². The molecule has 1 amide bonds. The number of rotatable bonds is 5. The Hall–Kier alpha value is -3.81. The number of piperidine rings is 1. The lowest BCUT2D eigenvalue weighted by Crippen LogP contribution is -2.38. The van der Waals surface area contributed by atoms with E-state index in [-0.39, 0.29) is 23.6 Å². The van der Waals surface area contributed by atoms with Gasteiger partial charge in [0, 0.05) is 18.5 Å². The highest BCUT2D eigenvalue weighted by atomic mass is 19.1. The Labute approximate surface area is 189 Å². The van der Waals surface area contributed by atoms with Gasteiger partial charge >= 0.3 is 0 Å². The van der Waals surface area contributed by atoms with Crippen LogP contribution in [0, 0.1) is 11.6 Å². The molecule has 0 bridgehead atoms. The van der Waals surface area contributed by atoms with Crippen LogP contribution in [0.2, 0.25) is 0 Å². The molecule has 6 nitrogen and oxygen atoms in total. The molecule has 1 atom stereocenters. The Morgan fingerprint density at radius 1 is 1.09 bits per heavy atom. The number of aromatic nitrogens is 3. The van der Waals surface area contributed by atoms with Gasteiger partial charge < -0.3 is 9.32 Å². The van der Waals surface area contributed by atoms with Crippen LogP contribution in [0.15, 0.2) is 65.2 Å². The maximum Gasteiger partial charge on any atom is 0.272 e. The zero-order valence-electron chi connectivity index (χ0n) is 17.8. The molecular weight excluding hydrogens is 426 g/mol. The zero-order chi connectivity index (χ0) is 22.8. The number of halogens is 2. The fourth-order valence-electron chi connectivity index (χ4n) is 4.19. The van der Waals surface area contributed by atoms with Gasteiger partial charge in [0.05, 0.1) is 11.9 Å². The summed E-state index contributed by atoms with van der Waals surface area (Å²) >= 11 is 0. The number of hydrogen-bond donors (Lipinski definition) is 1. The first kappa shape index (κ1) is 21.1. The highest BCUT2D eigenvalue weighted by Gasteiger charge is 2.33. The summed E-state index contributed by atoms with van der Waals surface area (Å²) in [5, 5.41) is 7.03. The first-order valence-corrected chi connectivity index (χ1v) is 10.9. The molecule has 0 spiro atoms. The molecule has 3 heterocycles. The van der Waals surface area contributed by atoms with Crippen molar-refractivity contribution in [1.29, 1.82) is 0 Å². The van der Waals surface area contributed by atoms with E-state index in [4.69, 9.17) is 4.42 Å². The number of amides is 1. The molecule has 0 saturated carbocycles. The third-order valence-corrected chi connectivity index (χ3v) is 5.84. The fourth-order valence-corrected chi connectivity index (χ4v) is 4.19. The number of H-pyrrole nitrogens is 1. The molecule has 5 rings (SSSR count). The lowest BCUT2D eigenvalue weighted by atomic mass is 10.0. The molecule has 2 aromatic heterocycles. The molecule has 0 aliphatic carbocycles. The monoisotopic (exact) mass is 448 g/mol. The first-order valence-electron chi connectivity index (χ1n) is 10.9. The topological polar surface area (TPSA) is 75.0 Å². The van der Waals surface area contributed by atoms with E-state index in [2.05, 4.69) is 15.2 Å². The van der Waals surface area contributed by atoms with Crippen LogP contribution in [-0.4, -0.2) is 32.5 Å². The molecule has 1 aliphatic heterocycles. The smallest absolute Gasteiger partial charge is 0.272 e. The van der Waals surface area contributed by atoms with E-state index in [1.54, 1.807) is 35.4 Å². The number of nitrogens with one attached hydrogen (secondary N) is 1. The third kappa shape index (κ3) is 4.55. The second-order valence-corrected chi connectivity index (χ2v) is 8.16. The molecule has 2 aromatic carbocycles. The molecule has 1 N–H and O–H groups in total. The molecule has 1 fully saturated rings. The molecule has 0 radical (unpaired) electrons. The Morgan fingerprint density at radius 3 is 2.76 bits per heavy atom. The van der Waals surface area contributed by atoms with Gasteiger partial charge in [-0.05, 0) is 67.3 Å². The van der Waals surface area contributed by atoms with Crippen molar-refractivity contribution >= 4 is 5.91 Å². The molecule has 168 valence electrons. The van der Waals surface area contributed by atoms with Crippen LogP contribution in [-0.2, 0) is 6.42 Å². The van der Waals surface area contributed by atoms with Gasteiger partial charge in [-0.2, -0.15) is 5.10 Å². The molecule has 33 heavy (non-hydrogen) atoms.